The van der Waals surface area contributed by atoms with Crippen LogP contribution in [0.15, 0.2) is 16.8 Å². The van der Waals surface area contributed by atoms with E-state index in [1.54, 1.807) is 6.08 Å². The number of aromatic nitrogens is 4. The lowest BCUT2D eigenvalue weighted by Gasteiger charge is -2.26. The number of nitrogens with one attached hydrogen (secondary N) is 12. The summed E-state index contributed by atoms with van der Waals surface area (Å²) >= 11 is 0. The normalized spacial score (nSPS) is 13.5. The molecule has 124 heavy (non-hydrogen) atoms. The summed E-state index contributed by atoms with van der Waals surface area (Å²) in [5.74, 6) is -14.4. The number of hydrogen-bond donors (Lipinski definition) is 19. The summed E-state index contributed by atoms with van der Waals surface area (Å²) in [5.41, 5.74) is 11.1. The van der Waals surface area contributed by atoms with Gasteiger partial charge in [0.15, 0.2) is 11.6 Å². The van der Waals surface area contributed by atoms with Crippen molar-refractivity contribution < 1.29 is 126 Å². The number of aliphatic carboxylic acids is 2. The summed E-state index contributed by atoms with van der Waals surface area (Å²) in [6, 6.07) is -12.9. The quantitative estimate of drug-likeness (QED) is 0.0279. The Kier molecular flexibility index (Phi) is 60.1. The van der Waals surface area contributed by atoms with Gasteiger partial charge < -0.3 is 114 Å². The van der Waals surface area contributed by atoms with E-state index in [0.29, 0.717) is 50.8 Å². The molecule has 1 aliphatic rings. The Labute approximate surface area is 721 Å². The lowest BCUT2D eigenvalue weighted by Crippen LogP contribution is -2.61. The molecule has 21 N–H and O–H groups in total. The number of carboxylic acids is 2. The number of likely N-dealkylation sites (N-methyl/N-ethyl adjacent to an activating group) is 1. The first-order valence-corrected chi connectivity index (χ1v) is 42.5. The van der Waals surface area contributed by atoms with Crippen LogP contribution in [-0.2, 0) is 107 Å². The number of Topliss-reactive ketones (excluding diaryl/α,β-unsaturated/α-hetero) is 2. The number of aromatic amines is 1. The zero-order valence-corrected chi connectivity index (χ0v) is 71.4. The van der Waals surface area contributed by atoms with Crippen LogP contribution in [0.25, 0.3) is 0 Å². The Bertz CT molecular complexity index is 3490. The zero-order valence-electron chi connectivity index (χ0n) is 71.4. The molecule has 45 nitrogen and oxygen atoms in total. The number of ether oxygens (including phenoxy) is 4. The molecular formula is C79H133N19O26. The molecule has 2 rings (SSSR count). The first-order valence-electron chi connectivity index (χ1n) is 42.5. The highest BCUT2D eigenvalue weighted by molar-refractivity contribution is 5.98. The highest BCUT2D eigenvalue weighted by atomic mass is 16.5. The number of aliphatic hydroxyl groups is 3. The number of primary amides is 2. The minimum atomic E-state index is -1.99. The van der Waals surface area contributed by atoms with Crippen molar-refractivity contribution in [3.05, 3.63) is 17.6 Å². The number of aliphatic imine (C=N–C) groups is 1. The Hall–Kier alpha value is -10.4. The van der Waals surface area contributed by atoms with E-state index in [1.165, 1.54) is 75.9 Å². The lowest BCUT2D eigenvalue weighted by molar-refractivity contribution is -0.142. The van der Waals surface area contributed by atoms with Gasteiger partial charge in [-0.25, -0.2) is 0 Å². The summed E-state index contributed by atoms with van der Waals surface area (Å²) < 4.78 is 21.5. The molecule has 0 aliphatic carbocycles. The van der Waals surface area contributed by atoms with E-state index in [9.17, 15) is 107 Å². The molecule has 13 amide bonds. The van der Waals surface area contributed by atoms with E-state index < -0.39 is 209 Å². The summed E-state index contributed by atoms with van der Waals surface area (Å²) in [5, 5.41) is 89.3. The van der Waals surface area contributed by atoms with Crippen molar-refractivity contribution in [2.24, 2.45) is 16.5 Å². The topological polar surface area (TPSA) is 683 Å². The number of amides is 13. The molecule has 0 spiro atoms. The molecule has 8 atom stereocenters. The molecule has 0 bridgehead atoms. The maximum atomic E-state index is 14.1. The van der Waals surface area contributed by atoms with E-state index in [0.717, 1.165) is 37.9 Å². The van der Waals surface area contributed by atoms with Crippen molar-refractivity contribution in [3.63, 3.8) is 0 Å². The van der Waals surface area contributed by atoms with Crippen LogP contribution in [0.1, 0.15) is 212 Å². The number of nitrogens with two attached hydrogens (primary N) is 2. The van der Waals surface area contributed by atoms with Gasteiger partial charge in [-0.1, -0.05) is 102 Å². The Balaban J connectivity index is 1.84. The first-order chi connectivity index (χ1) is 59.5. The minimum Gasteiger partial charge on any atom is -0.480 e. The standard InChI is InChI=1S/C79H133N19O26/c1-3-4-26-55(73(114)82-2)88-74(115)56(27-18-19-37-98(46-71(110)111)47-72(112)113)86-67(106)30-20-28-63(103)59(44-53-23-21-35-83-53)91-75(116)57(31-33-64(80)104)90-78(119)61(49-100)93-79(120)62(50-101)92-76(117)58(32-34-65(81)105)89-77(118)60(48-99)87-68(107)45-85-70(109)52-124-43-41-122-39-36-84-69(108)51-123-42-40-121-38-22-25-54(102)24-16-14-12-10-8-6-5-7-9-11-13-15-17-29-66-94-96-97-95-66/h23,35,55-62,99-101H,3-22,24-34,36-52H2,1-2H3,(H2,80,104)(H2,81,105)(H,82,114)(H,84,108)(H,85,109)(H,86,106)(H,87,107)(H,88,115)(H,89,118)(H,90,119)(H,91,116)(H,92,117)(H,93,120)(H,110,111)(H,112,113)(H,94,95,96,97)/t55-,56-,57-,58-,59-,60+,61-,62-/m0/s1. The number of aryl methyl sites for hydroxylation is 1. The van der Waals surface area contributed by atoms with Gasteiger partial charge in [-0.15, -0.1) is 10.2 Å². The van der Waals surface area contributed by atoms with E-state index >= 15 is 0 Å². The number of hydrogen-bond acceptors (Lipinski definition) is 29. The van der Waals surface area contributed by atoms with Crippen molar-refractivity contribution in [1.29, 1.82) is 0 Å². The molecule has 0 radical (unpaired) electrons. The summed E-state index contributed by atoms with van der Waals surface area (Å²) in [6.45, 7) is -3.20. The smallest absolute Gasteiger partial charge is 0.317 e. The predicted octanol–water partition coefficient (Wildman–Crippen LogP) is -3.70. The number of aliphatic hydroxyl groups excluding tert-OH is 3. The number of allylic oxidation sites excluding steroid dienone is 1. The molecule has 45 heteroatoms. The van der Waals surface area contributed by atoms with E-state index in [4.69, 9.17) is 30.4 Å². The summed E-state index contributed by atoms with van der Waals surface area (Å²) in [7, 11) is 1.38. The largest absolute Gasteiger partial charge is 0.480 e. The highest BCUT2D eigenvalue weighted by Gasteiger charge is 2.35. The fourth-order valence-electron chi connectivity index (χ4n) is 12.5. The Morgan fingerprint density at radius 1 is 0.452 bits per heavy atom. The monoisotopic (exact) mass is 1760 g/mol. The molecule has 1 aromatic rings. The number of tetrazole rings is 1. The molecule has 700 valence electrons. The van der Waals surface area contributed by atoms with Crippen LogP contribution in [0.4, 0.5) is 0 Å². The van der Waals surface area contributed by atoms with Crippen LogP contribution in [0.2, 0.25) is 0 Å². The molecule has 2 heterocycles. The van der Waals surface area contributed by atoms with Gasteiger partial charge in [0.05, 0.1) is 78.5 Å². The van der Waals surface area contributed by atoms with Crippen LogP contribution in [-0.4, -0.2) is 318 Å². The third-order valence-corrected chi connectivity index (χ3v) is 19.3. The van der Waals surface area contributed by atoms with Gasteiger partial charge in [-0.05, 0) is 70.8 Å². The van der Waals surface area contributed by atoms with Crippen LogP contribution in [0, 0.1) is 0 Å². The number of unbranched alkanes of at least 4 members (excludes halogenated alkanes) is 14. The second-order valence-electron chi connectivity index (χ2n) is 29.7. The highest BCUT2D eigenvalue weighted by Crippen LogP contribution is 2.18. The van der Waals surface area contributed by atoms with Crippen molar-refractivity contribution in [2.45, 2.75) is 261 Å². The van der Waals surface area contributed by atoms with Crippen molar-refractivity contribution >= 4 is 107 Å². The van der Waals surface area contributed by atoms with E-state index in [-0.39, 0.29) is 116 Å². The van der Waals surface area contributed by atoms with Gasteiger partial charge in [-0.2, -0.15) is 5.21 Å². The number of carbonyl (C=O) groups excluding carboxylic acids is 15. The van der Waals surface area contributed by atoms with Gasteiger partial charge in [0.2, 0.25) is 76.8 Å². The van der Waals surface area contributed by atoms with Crippen molar-refractivity contribution in [1.82, 2.24) is 84.0 Å². The number of carboxylic acid groups (broad SMARTS) is 2. The number of carbonyl (C=O) groups is 17. The molecule has 0 aromatic carbocycles. The number of rotatable bonds is 78. The Morgan fingerprint density at radius 2 is 0.903 bits per heavy atom. The number of nitrogens with zero attached hydrogens (tertiary/aromatic N) is 5. The number of ketones is 2. The third-order valence-electron chi connectivity index (χ3n) is 19.3. The van der Waals surface area contributed by atoms with Crippen LogP contribution < -0.4 is 70.0 Å². The SMILES string of the molecule is CCCC[C@H](NC(=O)[C@H](CCCCN(CC(=O)O)CC(=O)O)NC(=O)CCCC(=O)[C@H](CC1=CCC=N1)NC(=O)[C@H](CCC(N)=O)NC(=O)[C@H](CO)NC(=O)[C@H](CO)NC(=O)[C@H](CCC(N)=O)NC(=O)[C@@H](CO)NC(=O)CNC(=O)COCCOCCNC(=O)COCCOCCCC(=O)CCCCCCCCCCCCCCCc1nn[nH]n1)C(=O)NC. The van der Waals surface area contributed by atoms with Gasteiger partial charge in [-0.3, -0.25) is 91.4 Å². The van der Waals surface area contributed by atoms with Crippen LogP contribution >= 0.6 is 0 Å². The number of H-pyrrole nitrogens is 1. The second kappa shape index (κ2) is 68.0. The third kappa shape index (κ3) is 53.6. The van der Waals surface area contributed by atoms with Crippen LogP contribution in [0.5, 0.6) is 0 Å². The molecular weight excluding hydrogens is 1630 g/mol. The van der Waals surface area contributed by atoms with E-state index in [2.05, 4.69) is 84.1 Å². The molecule has 0 saturated heterocycles. The maximum Gasteiger partial charge on any atom is 0.317 e. The first kappa shape index (κ1) is 110. The summed E-state index contributed by atoms with van der Waals surface area (Å²) in [6.07, 6.45) is 20.1. The Morgan fingerprint density at radius 3 is 1.40 bits per heavy atom. The fraction of sp³-hybridized carbons (Fsp3) is 0.734. The molecule has 0 saturated carbocycles. The predicted molar refractivity (Wildman–Crippen MR) is 443 cm³/mol. The van der Waals surface area contributed by atoms with Gasteiger partial charge in [0, 0.05) is 89.9 Å². The van der Waals surface area contributed by atoms with Crippen molar-refractivity contribution in [2.75, 3.05) is 112 Å². The lowest BCUT2D eigenvalue weighted by atomic mass is 10.00. The molecule has 0 fully saturated rings. The van der Waals surface area contributed by atoms with Gasteiger partial charge >= 0.3 is 11.9 Å². The van der Waals surface area contributed by atoms with Crippen LogP contribution in [0.3, 0.4) is 0 Å². The average Bonchev–Trinajstić information content (AvgIpc) is 1.19. The average molecular weight is 1770 g/mol. The minimum absolute atomic E-state index is 0.0122. The van der Waals surface area contributed by atoms with Gasteiger partial charge in [0.1, 0.15) is 61.3 Å². The zero-order chi connectivity index (χ0) is 91.7. The second-order valence-corrected chi connectivity index (χ2v) is 29.7. The molecule has 1 aromatic heterocycles. The summed E-state index contributed by atoms with van der Waals surface area (Å²) in [4.78, 5) is 225. The van der Waals surface area contributed by atoms with E-state index in [1.807, 2.05) is 6.92 Å². The van der Waals surface area contributed by atoms with Gasteiger partial charge in [0.25, 0.3) is 0 Å². The molecule has 1 aliphatic heterocycles. The molecule has 0 unspecified atom stereocenters. The fourth-order valence-corrected chi connectivity index (χ4v) is 12.5. The maximum absolute atomic E-state index is 14.1. The van der Waals surface area contributed by atoms with Crippen molar-refractivity contribution in [3.8, 4) is 0 Å².